The molecule has 130 valence electrons. The molecular weight excluding hydrogens is 302 g/mol. The Bertz CT molecular complexity index is 635. The van der Waals surface area contributed by atoms with Crippen molar-refractivity contribution in [3.8, 4) is 0 Å². The Kier molecular flexibility index (Phi) is 4.78. The molecule has 1 atom stereocenters. The number of hydrogen-bond donors (Lipinski definition) is 2. The number of likely N-dealkylation sites (tertiary alicyclic amines) is 1. The van der Waals surface area contributed by atoms with Crippen molar-refractivity contribution in [1.29, 1.82) is 0 Å². The van der Waals surface area contributed by atoms with E-state index in [1.807, 2.05) is 24.0 Å². The monoisotopic (exact) mass is 329 g/mol. The molecular formula is C19H27N3O2. The van der Waals surface area contributed by atoms with Crippen LogP contribution in [0.25, 0.3) is 0 Å². The van der Waals surface area contributed by atoms with Gasteiger partial charge in [-0.2, -0.15) is 0 Å². The number of carbonyl (C=O) groups excluding carboxylic acids is 2. The Hall–Kier alpha value is -2.04. The second-order valence-electron chi connectivity index (χ2n) is 7.42. The first kappa shape index (κ1) is 16.8. The zero-order valence-electron chi connectivity index (χ0n) is 14.5. The van der Waals surface area contributed by atoms with E-state index in [0.29, 0.717) is 24.7 Å². The number of anilines is 2. The van der Waals surface area contributed by atoms with Gasteiger partial charge in [0.05, 0.1) is 5.92 Å². The van der Waals surface area contributed by atoms with E-state index in [2.05, 4.69) is 12.2 Å². The molecule has 5 nitrogen and oxygen atoms in total. The van der Waals surface area contributed by atoms with Gasteiger partial charge in [-0.1, -0.05) is 13.0 Å². The highest BCUT2D eigenvalue weighted by atomic mass is 16.2. The van der Waals surface area contributed by atoms with E-state index in [1.54, 1.807) is 6.07 Å². The minimum absolute atomic E-state index is 0.0799. The second-order valence-corrected chi connectivity index (χ2v) is 7.42. The molecule has 1 aromatic rings. The average molecular weight is 329 g/mol. The fourth-order valence-electron chi connectivity index (χ4n) is 3.82. The van der Waals surface area contributed by atoms with E-state index >= 15 is 0 Å². The van der Waals surface area contributed by atoms with Crippen LogP contribution < -0.4 is 11.1 Å². The number of aryl methyl sites for hydroxylation is 1. The molecule has 1 unspecified atom stereocenters. The van der Waals surface area contributed by atoms with Crippen LogP contribution in [0.5, 0.6) is 0 Å². The minimum Gasteiger partial charge on any atom is -0.399 e. The molecule has 0 radical (unpaired) electrons. The summed E-state index contributed by atoms with van der Waals surface area (Å²) in [6, 6.07) is 5.79. The number of nitrogens with zero attached hydrogens (tertiary/aromatic N) is 1. The first-order chi connectivity index (χ1) is 11.4. The first-order valence-electron chi connectivity index (χ1n) is 8.90. The number of benzene rings is 1. The first-order valence-corrected chi connectivity index (χ1v) is 8.90. The third-order valence-electron chi connectivity index (χ3n) is 5.47. The summed E-state index contributed by atoms with van der Waals surface area (Å²) in [4.78, 5) is 26.9. The molecule has 3 rings (SSSR count). The number of nitrogens with one attached hydrogen (secondary N) is 1. The lowest BCUT2D eigenvalue weighted by Crippen LogP contribution is -2.39. The third-order valence-corrected chi connectivity index (χ3v) is 5.47. The van der Waals surface area contributed by atoms with Gasteiger partial charge in [0.1, 0.15) is 0 Å². The lowest BCUT2D eigenvalue weighted by Gasteiger charge is -2.33. The number of amides is 2. The normalized spacial score (nSPS) is 27.3. The van der Waals surface area contributed by atoms with Crippen molar-refractivity contribution in [3.05, 3.63) is 23.8 Å². The van der Waals surface area contributed by atoms with Gasteiger partial charge in [-0.3, -0.25) is 9.59 Å². The van der Waals surface area contributed by atoms with Crippen molar-refractivity contribution in [2.45, 2.75) is 52.0 Å². The SMILES string of the molecule is Cc1ccc(N)cc1NC(=O)C1CC(=O)N(C2CCC(C)CC2)C1. The van der Waals surface area contributed by atoms with Gasteiger partial charge >= 0.3 is 0 Å². The predicted octanol–water partition coefficient (Wildman–Crippen LogP) is 2.94. The summed E-state index contributed by atoms with van der Waals surface area (Å²) in [7, 11) is 0. The summed E-state index contributed by atoms with van der Waals surface area (Å²) in [5, 5.41) is 2.95. The standard InChI is InChI=1S/C19H27N3O2/c1-12-3-7-16(8-4-12)22-11-14(9-18(22)23)19(24)21-17-10-15(20)6-5-13(17)2/h5-6,10,12,14,16H,3-4,7-9,11,20H2,1-2H3,(H,21,24). The highest BCUT2D eigenvalue weighted by molar-refractivity contribution is 5.98. The molecule has 2 aliphatic rings. The summed E-state index contributed by atoms with van der Waals surface area (Å²) >= 11 is 0. The average Bonchev–Trinajstić information content (AvgIpc) is 2.94. The van der Waals surface area contributed by atoms with Gasteiger partial charge in [0, 0.05) is 30.4 Å². The number of carbonyl (C=O) groups is 2. The van der Waals surface area contributed by atoms with E-state index in [9.17, 15) is 9.59 Å². The molecule has 5 heteroatoms. The van der Waals surface area contributed by atoms with Gasteiger partial charge < -0.3 is 16.0 Å². The lowest BCUT2D eigenvalue weighted by molar-refractivity contribution is -0.130. The van der Waals surface area contributed by atoms with Crippen molar-refractivity contribution in [2.75, 3.05) is 17.6 Å². The predicted molar refractivity (Wildman–Crippen MR) is 95.5 cm³/mol. The Balaban J connectivity index is 1.62. The molecule has 24 heavy (non-hydrogen) atoms. The van der Waals surface area contributed by atoms with Gasteiger partial charge in [-0.05, 0) is 56.2 Å². The van der Waals surface area contributed by atoms with Crippen LogP contribution in [0.2, 0.25) is 0 Å². The number of nitrogens with two attached hydrogens (primary N) is 1. The summed E-state index contributed by atoms with van der Waals surface area (Å²) in [5.74, 6) is 0.532. The Morgan fingerprint density at radius 3 is 2.67 bits per heavy atom. The molecule has 1 saturated carbocycles. The Morgan fingerprint density at radius 1 is 1.25 bits per heavy atom. The summed E-state index contributed by atoms with van der Waals surface area (Å²) in [5.41, 5.74) is 8.12. The van der Waals surface area contributed by atoms with Crippen molar-refractivity contribution in [1.82, 2.24) is 4.90 Å². The number of rotatable bonds is 3. The van der Waals surface area contributed by atoms with Crippen LogP contribution in [0.3, 0.4) is 0 Å². The van der Waals surface area contributed by atoms with Crippen LogP contribution in [0.4, 0.5) is 11.4 Å². The van der Waals surface area contributed by atoms with E-state index in [4.69, 9.17) is 5.73 Å². The molecule has 1 heterocycles. The maximum Gasteiger partial charge on any atom is 0.229 e. The molecule has 2 fully saturated rings. The lowest BCUT2D eigenvalue weighted by atomic mass is 9.87. The number of nitrogen functional groups attached to an aromatic ring is 1. The third kappa shape index (κ3) is 3.55. The molecule has 1 aliphatic heterocycles. The van der Waals surface area contributed by atoms with Crippen LogP contribution >= 0.6 is 0 Å². The molecule has 3 N–H and O–H groups in total. The number of hydrogen-bond acceptors (Lipinski definition) is 3. The van der Waals surface area contributed by atoms with E-state index in [0.717, 1.165) is 30.0 Å². The maximum absolute atomic E-state index is 12.6. The summed E-state index contributed by atoms with van der Waals surface area (Å²) in [6.45, 7) is 4.75. The molecule has 0 aromatic heterocycles. The van der Waals surface area contributed by atoms with E-state index in [1.165, 1.54) is 12.8 Å². The van der Waals surface area contributed by atoms with E-state index < -0.39 is 0 Å². The molecule has 1 aromatic carbocycles. The Morgan fingerprint density at radius 2 is 1.96 bits per heavy atom. The topological polar surface area (TPSA) is 75.4 Å². The molecule has 0 spiro atoms. The van der Waals surface area contributed by atoms with Gasteiger partial charge in [0.25, 0.3) is 0 Å². The summed E-state index contributed by atoms with van der Waals surface area (Å²) < 4.78 is 0. The minimum atomic E-state index is -0.266. The van der Waals surface area contributed by atoms with Crippen molar-refractivity contribution < 1.29 is 9.59 Å². The van der Waals surface area contributed by atoms with E-state index in [-0.39, 0.29) is 17.7 Å². The van der Waals surface area contributed by atoms with Crippen molar-refractivity contribution >= 4 is 23.2 Å². The molecule has 2 amide bonds. The molecule has 1 aliphatic carbocycles. The van der Waals surface area contributed by atoms with Crippen LogP contribution in [0.15, 0.2) is 18.2 Å². The van der Waals surface area contributed by atoms with Crippen molar-refractivity contribution in [3.63, 3.8) is 0 Å². The fourth-order valence-corrected chi connectivity index (χ4v) is 3.82. The van der Waals surface area contributed by atoms with Crippen LogP contribution in [-0.4, -0.2) is 29.3 Å². The largest absolute Gasteiger partial charge is 0.399 e. The Labute approximate surface area is 143 Å². The van der Waals surface area contributed by atoms with Gasteiger partial charge in [-0.25, -0.2) is 0 Å². The maximum atomic E-state index is 12.6. The smallest absolute Gasteiger partial charge is 0.229 e. The van der Waals surface area contributed by atoms with Gasteiger partial charge in [0.2, 0.25) is 11.8 Å². The van der Waals surface area contributed by atoms with Crippen LogP contribution in [-0.2, 0) is 9.59 Å². The quantitative estimate of drug-likeness (QED) is 0.837. The zero-order chi connectivity index (χ0) is 17.3. The highest BCUT2D eigenvalue weighted by Gasteiger charge is 2.38. The van der Waals surface area contributed by atoms with Crippen LogP contribution in [0, 0.1) is 18.8 Å². The van der Waals surface area contributed by atoms with Crippen molar-refractivity contribution in [2.24, 2.45) is 11.8 Å². The van der Waals surface area contributed by atoms with Gasteiger partial charge in [-0.15, -0.1) is 0 Å². The molecule has 0 bridgehead atoms. The summed E-state index contributed by atoms with van der Waals surface area (Å²) in [6.07, 6.45) is 4.80. The highest BCUT2D eigenvalue weighted by Crippen LogP contribution is 2.31. The second kappa shape index (κ2) is 6.83. The molecule has 1 saturated heterocycles. The van der Waals surface area contributed by atoms with Gasteiger partial charge in [0.15, 0.2) is 0 Å². The van der Waals surface area contributed by atoms with Crippen LogP contribution in [0.1, 0.15) is 44.6 Å². The fraction of sp³-hybridized carbons (Fsp3) is 0.579. The zero-order valence-corrected chi connectivity index (χ0v) is 14.5.